The Bertz CT molecular complexity index is 335. The van der Waals surface area contributed by atoms with Crippen LogP contribution in [0.3, 0.4) is 0 Å². The van der Waals surface area contributed by atoms with E-state index in [9.17, 15) is 15.0 Å². The number of aliphatic hydroxyl groups excluding tert-OH is 2. The van der Waals surface area contributed by atoms with Crippen LogP contribution >= 0.6 is 0 Å². The van der Waals surface area contributed by atoms with Crippen molar-refractivity contribution >= 4 is 5.91 Å². The number of hydrogen-bond donors (Lipinski definition) is 2. The molecule has 0 aromatic rings. The van der Waals surface area contributed by atoms with Crippen molar-refractivity contribution in [3.05, 3.63) is 0 Å². The maximum Gasteiger partial charge on any atom is 0.219 e. The monoisotopic (exact) mass is 341 g/mol. The van der Waals surface area contributed by atoms with Gasteiger partial charge >= 0.3 is 0 Å². The molecular weight excluding hydrogens is 302 g/mol. The molecule has 0 aliphatic carbocycles. The zero-order chi connectivity index (χ0) is 17.8. The first-order valence-electron chi connectivity index (χ1n) is 10.2. The van der Waals surface area contributed by atoms with Gasteiger partial charge in [0.25, 0.3) is 0 Å². The Labute approximate surface area is 148 Å². The lowest BCUT2D eigenvalue weighted by Gasteiger charge is -2.29. The maximum absolute atomic E-state index is 11.6. The molecule has 0 saturated carbocycles. The van der Waals surface area contributed by atoms with Crippen LogP contribution in [-0.4, -0.2) is 45.8 Å². The van der Waals surface area contributed by atoms with Gasteiger partial charge < -0.3 is 15.1 Å². The maximum atomic E-state index is 11.6. The second-order valence-electron chi connectivity index (χ2n) is 7.50. The summed E-state index contributed by atoms with van der Waals surface area (Å²) < 4.78 is 0. The fourth-order valence-electron chi connectivity index (χ4n) is 3.83. The highest BCUT2D eigenvalue weighted by Crippen LogP contribution is 2.23. The molecule has 3 atom stereocenters. The fourth-order valence-corrected chi connectivity index (χ4v) is 3.83. The van der Waals surface area contributed by atoms with E-state index in [2.05, 4.69) is 6.92 Å². The van der Waals surface area contributed by atoms with Crippen LogP contribution in [0, 0.1) is 0 Å². The molecule has 1 heterocycles. The summed E-state index contributed by atoms with van der Waals surface area (Å²) in [4.78, 5) is 13.3. The molecule has 0 aromatic carbocycles. The predicted molar refractivity (Wildman–Crippen MR) is 98.9 cm³/mol. The van der Waals surface area contributed by atoms with Crippen molar-refractivity contribution in [2.75, 3.05) is 6.54 Å². The molecular formula is C20H39NO3. The van der Waals surface area contributed by atoms with E-state index in [0.29, 0.717) is 6.42 Å². The van der Waals surface area contributed by atoms with Crippen LogP contribution in [0.15, 0.2) is 0 Å². The van der Waals surface area contributed by atoms with Crippen LogP contribution in [0.5, 0.6) is 0 Å². The predicted octanol–water partition coefficient (Wildman–Crippen LogP) is 4.03. The highest BCUT2D eigenvalue weighted by molar-refractivity contribution is 5.74. The summed E-state index contributed by atoms with van der Waals surface area (Å²) in [5.74, 6) is 0.0324. The van der Waals surface area contributed by atoms with Crippen molar-refractivity contribution in [1.29, 1.82) is 0 Å². The van der Waals surface area contributed by atoms with E-state index in [1.54, 1.807) is 11.8 Å². The van der Waals surface area contributed by atoms with Crippen molar-refractivity contribution in [1.82, 2.24) is 4.90 Å². The van der Waals surface area contributed by atoms with Crippen LogP contribution in [0.25, 0.3) is 0 Å². The molecule has 1 aliphatic heterocycles. The van der Waals surface area contributed by atoms with Gasteiger partial charge in [0.05, 0.1) is 18.2 Å². The minimum atomic E-state index is -0.593. The van der Waals surface area contributed by atoms with Crippen LogP contribution in [0.1, 0.15) is 97.3 Å². The summed E-state index contributed by atoms with van der Waals surface area (Å²) in [6.07, 6.45) is 13.4. The second kappa shape index (κ2) is 12.7. The first-order chi connectivity index (χ1) is 11.6. The van der Waals surface area contributed by atoms with E-state index in [4.69, 9.17) is 0 Å². The lowest BCUT2D eigenvalue weighted by Crippen LogP contribution is -2.43. The average molecular weight is 342 g/mol. The molecule has 1 aliphatic rings. The van der Waals surface area contributed by atoms with Crippen LogP contribution < -0.4 is 0 Å². The summed E-state index contributed by atoms with van der Waals surface area (Å²) in [6, 6.07) is -0.0970. The fraction of sp³-hybridized carbons (Fsp3) is 0.950. The average Bonchev–Trinajstić information content (AvgIpc) is 3.03. The van der Waals surface area contributed by atoms with Crippen LogP contribution in [0.4, 0.5) is 0 Å². The number of unbranched alkanes of at least 4 members (excludes halogenated alkanes) is 8. The molecule has 2 N–H and O–H groups in total. The highest BCUT2D eigenvalue weighted by atomic mass is 16.3. The molecule has 1 rings (SSSR count). The normalized spacial score (nSPS) is 20.3. The Hall–Kier alpha value is -0.610. The zero-order valence-electron chi connectivity index (χ0n) is 15.9. The van der Waals surface area contributed by atoms with E-state index in [1.807, 2.05) is 0 Å². The third-order valence-corrected chi connectivity index (χ3v) is 5.30. The van der Waals surface area contributed by atoms with Gasteiger partial charge in [-0.25, -0.2) is 0 Å². The molecule has 4 heteroatoms. The molecule has 0 radical (unpaired) electrons. The van der Waals surface area contributed by atoms with Gasteiger partial charge in [0.2, 0.25) is 5.91 Å². The van der Waals surface area contributed by atoms with Crippen molar-refractivity contribution in [3.8, 4) is 0 Å². The molecule has 1 fully saturated rings. The van der Waals surface area contributed by atoms with Gasteiger partial charge in [-0.05, 0) is 19.3 Å². The molecule has 1 saturated heterocycles. The van der Waals surface area contributed by atoms with Gasteiger partial charge in [0, 0.05) is 19.9 Å². The third kappa shape index (κ3) is 8.48. The molecule has 4 nitrogen and oxygen atoms in total. The molecule has 24 heavy (non-hydrogen) atoms. The van der Waals surface area contributed by atoms with Gasteiger partial charge in [-0.1, -0.05) is 64.7 Å². The van der Waals surface area contributed by atoms with E-state index >= 15 is 0 Å². The Morgan fingerprint density at radius 2 is 1.62 bits per heavy atom. The first kappa shape index (κ1) is 21.4. The smallest absolute Gasteiger partial charge is 0.219 e. The Morgan fingerprint density at radius 1 is 1.04 bits per heavy atom. The minimum absolute atomic E-state index is 0.0324. The highest BCUT2D eigenvalue weighted by Gasteiger charge is 2.33. The largest absolute Gasteiger partial charge is 0.393 e. The zero-order valence-corrected chi connectivity index (χ0v) is 15.9. The molecule has 3 unspecified atom stereocenters. The number of hydrogen-bond acceptors (Lipinski definition) is 3. The quantitative estimate of drug-likeness (QED) is 0.497. The van der Waals surface area contributed by atoms with Crippen LogP contribution in [-0.2, 0) is 4.79 Å². The van der Waals surface area contributed by atoms with Gasteiger partial charge in [-0.3, -0.25) is 4.79 Å². The summed E-state index contributed by atoms with van der Waals surface area (Å²) >= 11 is 0. The molecule has 1 amide bonds. The topological polar surface area (TPSA) is 60.8 Å². The van der Waals surface area contributed by atoms with E-state index < -0.39 is 12.2 Å². The van der Waals surface area contributed by atoms with E-state index in [0.717, 1.165) is 32.2 Å². The Balaban J connectivity index is 2.05. The first-order valence-corrected chi connectivity index (χ1v) is 10.2. The molecule has 0 spiro atoms. The van der Waals surface area contributed by atoms with Crippen molar-refractivity contribution in [2.24, 2.45) is 0 Å². The van der Waals surface area contributed by atoms with Crippen molar-refractivity contribution < 1.29 is 15.0 Å². The Morgan fingerprint density at radius 3 is 2.21 bits per heavy atom. The van der Waals surface area contributed by atoms with Crippen molar-refractivity contribution in [2.45, 2.75) is 116 Å². The summed E-state index contributed by atoms with van der Waals surface area (Å²) in [6.45, 7) is 4.54. The lowest BCUT2D eigenvalue weighted by atomic mass is 9.98. The van der Waals surface area contributed by atoms with Crippen molar-refractivity contribution in [3.63, 3.8) is 0 Å². The molecule has 0 aromatic heterocycles. The number of amides is 1. The molecule has 142 valence electrons. The SMILES string of the molecule is CCCCCCCCCCCC(O)CC(O)C1CCCN1C(C)=O. The van der Waals surface area contributed by atoms with Gasteiger partial charge in [0.1, 0.15) is 0 Å². The number of rotatable bonds is 13. The standard InChI is InChI=1S/C20H39NO3/c1-3-4-5-6-7-8-9-10-11-13-18(23)16-20(24)19-14-12-15-21(19)17(2)22/h18-20,23-24H,3-16H2,1-2H3. The van der Waals surface area contributed by atoms with Gasteiger partial charge in [-0.2, -0.15) is 0 Å². The van der Waals surface area contributed by atoms with E-state index in [1.165, 1.54) is 51.4 Å². The van der Waals surface area contributed by atoms with Gasteiger partial charge in [0.15, 0.2) is 0 Å². The summed E-state index contributed by atoms with van der Waals surface area (Å²) in [5.41, 5.74) is 0. The van der Waals surface area contributed by atoms with Crippen LogP contribution in [0.2, 0.25) is 0 Å². The van der Waals surface area contributed by atoms with E-state index in [-0.39, 0.29) is 11.9 Å². The van der Waals surface area contributed by atoms with Gasteiger partial charge in [-0.15, -0.1) is 0 Å². The summed E-state index contributed by atoms with van der Waals surface area (Å²) in [5, 5.41) is 20.5. The minimum Gasteiger partial charge on any atom is -0.393 e. The summed E-state index contributed by atoms with van der Waals surface area (Å²) in [7, 11) is 0. The second-order valence-corrected chi connectivity index (χ2v) is 7.50. The Kier molecular flexibility index (Phi) is 11.4. The number of likely N-dealkylation sites (tertiary alicyclic amines) is 1. The number of carbonyl (C=O) groups is 1. The molecule has 0 bridgehead atoms. The lowest BCUT2D eigenvalue weighted by molar-refractivity contribution is -0.132. The number of aliphatic hydroxyl groups is 2. The number of nitrogens with zero attached hydrogens (tertiary/aromatic N) is 1. The number of carbonyl (C=O) groups excluding carboxylic acids is 1. The third-order valence-electron chi connectivity index (χ3n) is 5.30.